The number of rotatable bonds is 5. The summed E-state index contributed by atoms with van der Waals surface area (Å²) in [7, 11) is 0. The van der Waals surface area contributed by atoms with Crippen LogP contribution < -0.4 is 10.5 Å². The molecule has 2 aromatic carbocycles. The highest BCUT2D eigenvalue weighted by Gasteiger charge is 2.12. The third kappa shape index (κ3) is 3.72. The quantitative estimate of drug-likeness (QED) is 0.499. The Morgan fingerprint density at radius 3 is 2.52 bits per heavy atom. The fourth-order valence-electron chi connectivity index (χ4n) is 2.36. The maximum Gasteiger partial charge on any atom is 0.185 e. The van der Waals surface area contributed by atoms with Crippen molar-refractivity contribution in [3.8, 4) is 11.5 Å². The molecule has 4 heteroatoms. The number of allylic oxidation sites excluding steroid dienone is 1. The molecule has 0 aromatic heterocycles. The number of carbonyl (C=O) groups is 1. The van der Waals surface area contributed by atoms with E-state index in [0.29, 0.717) is 29.2 Å². The second kappa shape index (κ2) is 7.01. The first-order valence-electron chi connectivity index (χ1n) is 7.48. The molecule has 120 valence electrons. The van der Waals surface area contributed by atoms with Crippen LogP contribution in [0.25, 0.3) is 6.08 Å². The van der Waals surface area contributed by atoms with Crippen LogP contribution in [0.3, 0.4) is 0 Å². The topological polar surface area (TPSA) is 72.5 Å². The predicted octanol–water partition coefficient (Wildman–Crippen LogP) is 3.89. The first kappa shape index (κ1) is 16.6. The third-order valence-electron chi connectivity index (χ3n) is 3.60. The number of anilines is 1. The van der Waals surface area contributed by atoms with Gasteiger partial charge in [0.2, 0.25) is 0 Å². The van der Waals surface area contributed by atoms with E-state index < -0.39 is 0 Å². The molecule has 2 aromatic rings. The molecular weight excluding hydrogens is 290 g/mol. The van der Waals surface area contributed by atoms with E-state index in [0.717, 1.165) is 11.1 Å². The van der Waals surface area contributed by atoms with Crippen molar-refractivity contribution in [2.24, 2.45) is 0 Å². The van der Waals surface area contributed by atoms with Gasteiger partial charge in [-0.1, -0.05) is 0 Å². The van der Waals surface area contributed by atoms with Gasteiger partial charge in [0.25, 0.3) is 0 Å². The molecule has 23 heavy (non-hydrogen) atoms. The molecule has 0 saturated carbocycles. The van der Waals surface area contributed by atoms with Crippen molar-refractivity contribution in [2.45, 2.75) is 20.8 Å². The van der Waals surface area contributed by atoms with Gasteiger partial charge >= 0.3 is 0 Å². The van der Waals surface area contributed by atoms with Gasteiger partial charge in [0.15, 0.2) is 5.78 Å². The number of aryl methyl sites for hydroxylation is 1. The van der Waals surface area contributed by atoms with Gasteiger partial charge in [-0.25, -0.2) is 0 Å². The van der Waals surface area contributed by atoms with Crippen molar-refractivity contribution in [1.82, 2.24) is 0 Å². The van der Waals surface area contributed by atoms with Crippen LogP contribution in [-0.2, 0) is 0 Å². The molecule has 0 bridgehead atoms. The smallest absolute Gasteiger partial charge is 0.185 e. The number of ether oxygens (including phenoxy) is 1. The van der Waals surface area contributed by atoms with Crippen LogP contribution in [0.15, 0.2) is 36.4 Å². The SMILES string of the molecule is CCOc1c(C=CC(=O)c2ccc(N)cc2)cc(C)c(O)c1C. The summed E-state index contributed by atoms with van der Waals surface area (Å²) in [6.45, 7) is 5.98. The average Bonchev–Trinajstić information content (AvgIpc) is 2.54. The minimum Gasteiger partial charge on any atom is -0.507 e. The minimum atomic E-state index is -0.115. The van der Waals surface area contributed by atoms with E-state index in [-0.39, 0.29) is 11.5 Å². The van der Waals surface area contributed by atoms with Gasteiger partial charge in [-0.3, -0.25) is 4.79 Å². The number of hydrogen-bond acceptors (Lipinski definition) is 4. The summed E-state index contributed by atoms with van der Waals surface area (Å²) < 4.78 is 5.62. The summed E-state index contributed by atoms with van der Waals surface area (Å²) >= 11 is 0. The molecule has 0 amide bonds. The van der Waals surface area contributed by atoms with Gasteiger partial charge in [0.1, 0.15) is 11.5 Å². The number of benzene rings is 2. The predicted molar refractivity (Wildman–Crippen MR) is 93.0 cm³/mol. The van der Waals surface area contributed by atoms with E-state index in [9.17, 15) is 9.90 Å². The fourth-order valence-corrected chi connectivity index (χ4v) is 2.36. The molecule has 0 aliphatic carbocycles. The van der Waals surface area contributed by atoms with Gasteiger partial charge in [0.05, 0.1) is 6.61 Å². The zero-order chi connectivity index (χ0) is 17.0. The van der Waals surface area contributed by atoms with Gasteiger partial charge < -0.3 is 15.6 Å². The first-order chi connectivity index (χ1) is 10.9. The Kier molecular flexibility index (Phi) is 5.06. The van der Waals surface area contributed by atoms with Gasteiger partial charge in [-0.2, -0.15) is 0 Å². The molecule has 4 nitrogen and oxygen atoms in total. The standard InChI is InChI=1S/C19H21NO3/c1-4-23-19-13(3)18(22)12(2)11-15(19)7-10-17(21)14-5-8-16(20)9-6-14/h5-11,22H,4,20H2,1-3H3. The van der Waals surface area contributed by atoms with Crippen LogP contribution in [0.2, 0.25) is 0 Å². The summed E-state index contributed by atoms with van der Waals surface area (Å²) in [6, 6.07) is 8.58. The number of aromatic hydroxyl groups is 1. The van der Waals surface area contributed by atoms with Crippen LogP contribution in [0.5, 0.6) is 11.5 Å². The average molecular weight is 311 g/mol. The first-order valence-corrected chi connectivity index (χ1v) is 7.48. The summed E-state index contributed by atoms with van der Waals surface area (Å²) in [4.78, 5) is 12.2. The lowest BCUT2D eigenvalue weighted by molar-refractivity contribution is 0.104. The van der Waals surface area contributed by atoms with Crippen molar-refractivity contribution in [3.63, 3.8) is 0 Å². The van der Waals surface area contributed by atoms with Crippen molar-refractivity contribution in [2.75, 3.05) is 12.3 Å². The number of phenolic OH excluding ortho intramolecular Hbond substituents is 1. The second-order valence-electron chi connectivity index (χ2n) is 5.34. The summed E-state index contributed by atoms with van der Waals surface area (Å²) in [6.07, 6.45) is 3.21. The number of nitrogens with two attached hydrogens (primary N) is 1. The Morgan fingerprint density at radius 1 is 1.26 bits per heavy atom. The highest BCUT2D eigenvalue weighted by atomic mass is 16.5. The van der Waals surface area contributed by atoms with Crippen molar-refractivity contribution < 1.29 is 14.6 Å². The Morgan fingerprint density at radius 2 is 1.91 bits per heavy atom. The normalized spacial score (nSPS) is 10.9. The van der Waals surface area contributed by atoms with Crippen LogP contribution in [-0.4, -0.2) is 17.5 Å². The third-order valence-corrected chi connectivity index (χ3v) is 3.60. The largest absolute Gasteiger partial charge is 0.507 e. The maximum absolute atomic E-state index is 12.2. The Balaban J connectivity index is 2.35. The van der Waals surface area contributed by atoms with Crippen molar-refractivity contribution >= 4 is 17.5 Å². The molecule has 0 spiro atoms. The molecule has 0 atom stereocenters. The molecular formula is C19H21NO3. The lowest BCUT2D eigenvalue weighted by Gasteiger charge is -2.14. The summed E-state index contributed by atoms with van der Waals surface area (Å²) in [5.74, 6) is 0.697. The van der Waals surface area contributed by atoms with Crippen LogP contribution in [0.1, 0.15) is 34.0 Å². The lowest BCUT2D eigenvalue weighted by Crippen LogP contribution is -1.99. The van der Waals surface area contributed by atoms with Gasteiger partial charge in [0, 0.05) is 22.4 Å². The van der Waals surface area contributed by atoms with Gasteiger partial charge in [-0.15, -0.1) is 0 Å². The fraction of sp³-hybridized carbons (Fsp3) is 0.211. The Bertz CT molecular complexity index is 746. The lowest BCUT2D eigenvalue weighted by atomic mass is 10.0. The number of hydrogen-bond donors (Lipinski definition) is 2. The summed E-state index contributed by atoms with van der Waals surface area (Å²) in [5, 5.41) is 10.0. The Labute approximate surface area is 136 Å². The molecule has 0 saturated heterocycles. The van der Waals surface area contributed by atoms with Crippen molar-refractivity contribution in [3.05, 3.63) is 58.7 Å². The monoisotopic (exact) mass is 311 g/mol. The van der Waals surface area contributed by atoms with E-state index >= 15 is 0 Å². The van der Waals surface area contributed by atoms with E-state index in [1.165, 1.54) is 6.08 Å². The van der Waals surface area contributed by atoms with Crippen LogP contribution in [0, 0.1) is 13.8 Å². The molecule has 0 heterocycles. The molecule has 0 aliphatic rings. The highest BCUT2D eigenvalue weighted by molar-refractivity contribution is 6.07. The molecule has 3 N–H and O–H groups in total. The van der Waals surface area contributed by atoms with E-state index in [2.05, 4.69) is 0 Å². The molecule has 0 fully saturated rings. The van der Waals surface area contributed by atoms with E-state index in [1.807, 2.05) is 13.8 Å². The molecule has 0 unspecified atom stereocenters. The zero-order valence-electron chi connectivity index (χ0n) is 13.6. The maximum atomic E-state index is 12.2. The minimum absolute atomic E-state index is 0.115. The highest BCUT2D eigenvalue weighted by Crippen LogP contribution is 2.34. The second-order valence-corrected chi connectivity index (χ2v) is 5.34. The molecule has 0 radical (unpaired) electrons. The Hall–Kier alpha value is -2.75. The number of nitrogen functional groups attached to an aromatic ring is 1. The van der Waals surface area contributed by atoms with Gasteiger partial charge in [-0.05, 0) is 68.8 Å². The van der Waals surface area contributed by atoms with Crippen molar-refractivity contribution in [1.29, 1.82) is 0 Å². The van der Waals surface area contributed by atoms with Crippen LogP contribution >= 0.6 is 0 Å². The van der Waals surface area contributed by atoms with E-state index in [1.54, 1.807) is 43.3 Å². The summed E-state index contributed by atoms with van der Waals surface area (Å²) in [5.41, 5.74) is 8.99. The molecule has 0 aliphatic heterocycles. The number of phenols is 1. The number of ketones is 1. The zero-order valence-corrected chi connectivity index (χ0v) is 13.6. The number of carbonyl (C=O) groups excluding carboxylic acids is 1. The van der Waals surface area contributed by atoms with Crippen LogP contribution in [0.4, 0.5) is 5.69 Å². The molecule has 2 rings (SSSR count). The van der Waals surface area contributed by atoms with E-state index in [4.69, 9.17) is 10.5 Å².